The molecule has 0 bridgehead atoms. The predicted octanol–water partition coefficient (Wildman–Crippen LogP) is 1.32. The number of benzene rings is 1. The predicted molar refractivity (Wildman–Crippen MR) is 95.6 cm³/mol. The van der Waals surface area contributed by atoms with Gasteiger partial charge < -0.3 is 15.5 Å². The van der Waals surface area contributed by atoms with E-state index in [0.29, 0.717) is 49.6 Å². The topological polar surface area (TPSA) is 110 Å². The van der Waals surface area contributed by atoms with Crippen LogP contribution in [-0.2, 0) is 4.79 Å². The summed E-state index contributed by atoms with van der Waals surface area (Å²) >= 11 is 0. The third-order valence-electron chi connectivity index (χ3n) is 5.37. The Kier molecular flexibility index (Phi) is 5.22. The van der Waals surface area contributed by atoms with Gasteiger partial charge in [-0.05, 0) is 50.8 Å². The molecule has 2 unspecified atom stereocenters. The number of nitrogens with two attached hydrogens (primary N) is 1. The van der Waals surface area contributed by atoms with E-state index in [9.17, 15) is 19.7 Å². The van der Waals surface area contributed by atoms with E-state index in [4.69, 9.17) is 5.73 Å². The minimum Gasteiger partial charge on any atom is -0.341 e. The van der Waals surface area contributed by atoms with Gasteiger partial charge in [0.05, 0.1) is 4.92 Å². The van der Waals surface area contributed by atoms with Gasteiger partial charge in [0.15, 0.2) is 0 Å². The number of nitro benzene ring substituents is 1. The Balaban J connectivity index is 1.75. The second-order valence-corrected chi connectivity index (χ2v) is 7.09. The molecule has 2 fully saturated rings. The fourth-order valence-corrected chi connectivity index (χ4v) is 3.86. The molecule has 2 N–H and O–H groups in total. The molecule has 2 atom stereocenters. The van der Waals surface area contributed by atoms with Crippen LogP contribution in [0, 0.1) is 23.0 Å². The van der Waals surface area contributed by atoms with Crippen LogP contribution >= 0.6 is 0 Å². The highest BCUT2D eigenvalue weighted by molar-refractivity contribution is 5.98. The second-order valence-electron chi connectivity index (χ2n) is 7.09. The number of carbonyl (C=O) groups excluding carboxylic acids is 2. The first-order valence-corrected chi connectivity index (χ1v) is 8.97. The van der Waals surface area contributed by atoms with Gasteiger partial charge in [-0.25, -0.2) is 0 Å². The van der Waals surface area contributed by atoms with Crippen molar-refractivity contribution in [1.29, 1.82) is 0 Å². The number of amides is 2. The van der Waals surface area contributed by atoms with E-state index in [-0.39, 0.29) is 17.5 Å². The van der Waals surface area contributed by atoms with Crippen molar-refractivity contribution in [3.63, 3.8) is 0 Å². The summed E-state index contributed by atoms with van der Waals surface area (Å²) < 4.78 is 0. The van der Waals surface area contributed by atoms with Gasteiger partial charge in [-0.15, -0.1) is 0 Å². The summed E-state index contributed by atoms with van der Waals surface area (Å²) in [6.07, 6.45) is 2.34. The Labute approximate surface area is 152 Å². The molecule has 0 aromatic heterocycles. The number of aryl methyl sites for hydroxylation is 1. The van der Waals surface area contributed by atoms with Crippen molar-refractivity contribution >= 4 is 17.5 Å². The van der Waals surface area contributed by atoms with Crippen LogP contribution in [0.15, 0.2) is 18.2 Å². The van der Waals surface area contributed by atoms with E-state index in [0.717, 1.165) is 12.8 Å². The quantitative estimate of drug-likeness (QED) is 0.643. The first-order chi connectivity index (χ1) is 12.4. The molecule has 8 heteroatoms. The third kappa shape index (κ3) is 3.41. The van der Waals surface area contributed by atoms with Crippen molar-refractivity contribution < 1.29 is 14.5 Å². The van der Waals surface area contributed by atoms with E-state index < -0.39 is 11.0 Å². The molecule has 2 aliphatic heterocycles. The standard InChI is InChI=1S/C18H24N4O4/c1-12-9-14(4-5-15(12)22(25)26)17(23)21-7-2-3-16(21)18(24)20-8-6-13(10-19)11-20/h4-5,9,13,16H,2-3,6-8,10-11,19H2,1H3. The highest BCUT2D eigenvalue weighted by Gasteiger charge is 2.38. The zero-order chi connectivity index (χ0) is 18.8. The molecule has 2 amide bonds. The minimum atomic E-state index is -0.465. The molecule has 1 aromatic rings. The van der Waals surface area contributed by atoms with Crippen LogP contribution in [-0.4, -0.2) is 58.8 Å². The maximum atomic E-state index is 12.9. The summed E-state index contributed by atoms with van der Waals surface area (Å²) in [5, 5.41) is 10.9. The first kappa shape index (κ1) is 18.3. The largest absolute Gasteiger partial charge is 0.341 e. The fourth-order valence-electron chi connectivity index (χ4n) is 3.86. The van der Waals surface area contributed by atoms with Crippen molar-refractivity contribution in [3.8, 4) is 0 Å². The molecule has 2 aliphatic rings. The molecule has 140 valence electrons. The fraction of sp³-hybridized carbons (Fsp3) is 0.556. The van der Waals surface area contributed by atoms with Gasteiger partial charge in [-0.2, -0.15) is 0 Å². The van der Waals surface area contributed by atoms with Crippen LogP contribution in [0.1, 0.15) is 35.2 Å². The lowest BCUT2D eigenvalue weighted by molar-refractivity contribution is -0.385. The van der Waals surface area contributed by atoms with Gasteiger partial charge in [-0.3, -0.25) is 19.7 Å². The van der Waals surface area contributed by atoms with Crippen LogP contribution in [0.4, 0.5) is 5.69 Å². The van der Waals surface area contributed by atoms with Gasteiger partial charge in [-0.1, -0.05) is 0 Å². The normalized spacial score (nSPS) is 22.7. The first-order valence-electron chi connectivity index (χ1n) is 8.97. The maximum absolute atomic E-state index is 12.9. The Morgan fingerprint density at radius 2 is 2.08 bits per heavy atom. The monoisotopic (exact) mass is 360 g/mol. The zero-order valence-electron chi connectivity index (χ0n) is 14.9. The van der Waals surface area contributed by atoms with E-state index in [1.54, 1.807) is 11.8 Å². The van der Waals surface area contributed by atoms with E-state index in [2.05, 4.69) is 0 Å². The molecule has 0 aliphatic carbocycles. The van der Waals surface area contributed by atoms with Crippen molar-refractivity contribution in [1.82, 2.24) is 9.80 Å². The average molecular weight is 360 g/mol. The second kappa shape index (κ2) is 7.41. The number of nitro groups is 1. The molecular formula is C18H24N4O4. The van der Waals surface area contributed by atoms with Crippen LogP contribution in [0.3, 0.4) is 0 Å². The van der Waals surface area contributed by atoms with Crippen molar-refractivity contribution in [3.05, 3.63) is 39.4 Å². The highest BCUT2D eigenvalue weighted by Crippen LogP contribution is 2.26. The number of carbonyl (C=O) groups is 2. The Morgan fingerprint density at radius 3 is 2.69 bits per heavy atom. The minimum absolute atomic E-state index is 0.00886. The van der Waals surface area contributed by atoms with E-state index in [1.807, 2.05) is 4.90 Å². The molecule has 8 nitrogen and oxygen atoms in total. The van der Waals surface area contributed by atoms with E-state index >= 15 is 0 Å². The summed E-state index contributed by atoms with van der Waals surface area (Å²) in [5.41, 5.74) is 6.51. The lowest BCUT2D eigenvalue weighted by atomic mass is 10.1. The lowest BCUT2D eigenvalue weighted by Crippen LogP contribution is -2.47. The summed E-state index contributed by atoms with van der Waals surface area (Å²) in [4.78, 5) is 39.7. The summed E-state index contributed by atoms with van der Waals surface area (Å²) in [7, 11) is 0. The average Bonchev–Trinajstić information content (AvgIpc) is 3.29. The molecular weight excluding hydrogens is 336 g/mol. The Hall–Kier alpha value is -2.48. The van der Waals surface area contributed by atoms with Crippen molar-refractivity contribution in [2.75, 3.05) is 26.2 Å². The molecule has 0 spiro atoms. The zero-order valence-corrected chi connectivity index (χ0v) is 14.9. The van der Waals surface area contributed by atoms with Crippen LogP contribution in [0.25, 0.3) is 0 Å². The molecule has 1 aromatic carbocycles. The van der Waals surface area contributed by atoms with Crippen LogP contribution in [0.5, 0.6) is 0 Å². The number of likely N-dealkylation sites (tertiary alicyclic amines) is 2. The smallest absolute Gasteiger partial charge is 0.272 e. The van der Waals surface area contributed by atoms with Gasteiger partial charge >= 0.3 is 0 Å². The highest BCUT2D eigenvalue weighted by atomic mass is 16.6. The summed E-state index contributed by atoms with van der Waals surface area (Å²) in [6, 6.07) is 3.89. The Morgan fingerprint density at radius 1 is 1.31 bits per heavy atom. The number of hydrogen-bond donors (Lipinski definition) is 1. The molecule has 26 heavy (non-hydrogen) atoms. The van der Waals surface area contributed by atoms with Gasteiger partial charge in [0.25, 0.3) is 11.6 Å². The van der Waals surface area contributed by atoms with Gasteiger partial charge in [0.2, 0.25) is 5.91 Å². The molecule has 0 radical (unpaired) electrons. The van der Waals surface area contributed by atoms with Gasteiger partial charge in [0, 0.05) is 36.8 Å². The van der Waals surface area contributed by atoms with E-state index in [1.165, 1.54) is 18.2 Å². The van der Waals surface area contributed by atoms with Crippen molar-refractivity contribution in [2.24, 2.45) is 11.7 Å². The Bertz CT molecular complexity index is 736. The lowest BCUT2D eigenvalue weighted by Gasteiger charge is -2.28. The SMILES string of the molecule is Cc1cc(C(=O)N2CCCC2C(=O)N2CCC(CN)C2)ccc1[N+](=O)[O-]. The number of nitrogens with zero attached hydrogens (tertiary/aromatic N) is 3. The van der Waals surface area contributed by atoms with Gasteiger partial charge in [0.1, 0.15) is 6.04 Å². The molecule has 2 heterocycles. The molecule has 3 rings (SSSR count). The van der Waals surface area contributed by atoms with Crippen molar-refractivity contribution in [2.45, 2.75) is 32.2 Å². The van der Waals surface area contributed by atoms with Crippen LogP contribution < -0.4 is 5.73 Å². The maximum Gasteiger partial charge on any atom is 0.272 e. The third-order valence-corrected chi connectivity index (χ3v) is 5.37. The summed E-state index contributed by atoms with van der Waals surface area (Å²) in [6.45, 7) is 4.05. The summed E-state index contributed by atoms with van der Waals surface area (Å²) in [5.74, 6) is 0.0840. The van der Waals surface area contributed by atoms with Crippen LogP contribution in [0.2, 0.25) is 0 Å². The molecule has 0 saturated carbocycles. The number of rotatable bonds is 4. The number of hydrogen-bond acceptors (Lipinski definition) is 5. The molecule has 2 saturated heterocycles.